The molecule has 0 N–H and O–H groups in total. The minimum absolute atomic E-state index is 0.0373. The topological polar surface area (TPSA) is 19.4 Å². The lowest BCUT2D eigenvalue weighted by Crippen LogP contribution is -2.63. The first-order chi connectivity index (χ1) is 10.4. The zero-order valence-electron chi connectivity index (χ0n) is 12.8. The third-order valence-electron chi connectivity index (χ3n) is 4.11. The van der Waals surface area contributed by atoms with E-state index in [0.29, 0.717) is 0 Å². The number of hydrogen-bond acceptors (Lipinski definition) is 9. The third kappa shape index (κ3) is 2.50. The van der Waals surface area contributed by atoms with Crippen molar-refractivity contribution >= 4 is 45.0 Å². The van der Waals surface area contributed by atoms with Crippen LogP contribution in [0.5, 0.6) is 0 Å². The second-order valence-corrected chi connectivity index (χ2v) is 7.00. The lowest BCUT2D eigenvalue weighted by molar-refractivity contribution is 0.254. The highest BCUT2D eigenvalue weighted by molar-refractivity contribution is 7.81. The molecule has 0 bridgehead atoms. The fourth-order valence-corrected chi connectivity index (χ4v) is 3.51. The first kappa shape index (κ1) is 16.0. The molecule has 3 aliphatic heterocycles. The van der Waals surface area contributed by atoms with E-state index in [1.54, 1.807) is 0 Å². The molecule has 0 saturated heterocycles. The van der Waals surface area contributed by atoms with Gasteiger partial charge in [0.05, 0.1) is 0 Å². The average Bonchev–Trinajstić information content (AvgIpc) is 3.10. The Morgan fingerprint density at radius 3 is 1.05 bits per heavy atom. The molecule has 0 aromatic rings. The van der Waals surface area contributed by atoms with Gasteiger partial charge in [0.1, 0.15) is 16.5 Å². The maximum atomic E-state index is 4.72. The first-order valence-electron chi connectivity index (χ1n) is 6.99. The highest BCUT2D eigenvalue weighted by atomic mass is 32.1. The van der Waals surface area contributed by atoms with Crippen molar-refractivity contribution < 1.29 is 0 Å². The van der Waals surface area contributed by atoms with Gasteiger partial charge in [0.2, 0.25) is 0 Å². The van der Waals surface area contributed by atoms with E-state index >= 15 is 0 Å². The van der Waals surface area contributed by atoms with Crippen molar-refractivity contribution in [1.29, 1.82) is 0 Å². The van der Waals surface area contributed by atoms with E-state index in [4.69, 9.17) is 37.9 Å². The highest BCUT2D eigenvalue weighted by Gasteiger charge is 2.46. The van der Waals surface area contributed by atoms with Crippen LogP contribution >= 0.6 is 37.9 Å². The Bertz CT molecular complexity index is 446. The number of hydrogen-bond donors (Lipinski definition) is 3. The SMILES string of the molecule is CN1C=CN(B(N2C=CN(C)C2S)N2C=CN(C)C2S)C1S. The van der Waals surface area contributed by atoms with Crippen molar-refractivity contribution in [3.63, 3.8) is 0 Å². The Kier molecular flexibility index (Phi) is 4.35. The van der Waals surface area contributed by atoms with Crippen LogP contribution in [-0.4, -0.2) is 73.9 Å². The van der Waals surface area contributed by atoms with Crippen LogP contribution in [0.15, 0.2) is 37.2 Å². The molecule has 3 atom stereocenters. The predicted molar refractivity (Wildman–Crippen MR) is 100 cm³/mol. The summed E-state index contributed by atoms with van der Waals surface area (Å²) in [5.41, 5.74) is -0.112. The summed E-state index contributed by atoms with van der Waals surface area (Å²) in [7, 11) is 5.97. The quantitative estimate of drug-likeness (QED) is 0.509. The molecule has 6 nitrogen and oxygen atoms in total. The van der Waals surface area contributed by atoms with Gasteiger partial charge in [-0.2, -0.15) is 0 Å². The van der Waals surface area contributed by atoms with Crippen LogP contribution in [0.4, 0.5) is 0 Å². The molecule has 3 aliphatic rings. The Labute approximate surface area is 149 Å². The molecule has 0 spiro atoms. The molecule has 120 valence electrons. The van der Waals surface area contributed by atoms with Gasteiger partial charge in [0, 0.05) is 58.3 Å². The van der Waals surface area contributed by atoms with Crippen molar-refractivity contribution in [2.24, 2.45) is 0 Å². The largest absolute Gasteiger partial charge is 0.510 e. The molecule has 0 aromatic heterocycles. The van der Waals surface area contributed by atoms with E-state index in [9.17, 15) is 0 Å². The highest BCUT2D eigenvalue weighted by Crippen LogP contribution is 2.31. The molecule has 0 saturated carbocycles. The standard InChI is InChI=1S/C12H21BN6S3/c1-14-4-7-17(10(14)20)13(18-8-5-15(2)11(18)21)19-9-6-16(3)12(19)22/h4-12,20-22H,1-3H3. The van der Waals surface area contributed by atoms with E-state index in [1.165, 1.54) is 0 Å². The summed E-state index contributed by atoms with van der Waals surface area (Å²) in [6.07, 6.45) is 12.3. The molecule has 10 heteroatoms. The summed E-state index contributed by atoms with van der Waals surface area (Å²) in [4.78, 5) is 12.7. The smallest absolute Gasteiger partial charge is 0.353 e. The van der Waals surface area contributed by atoms with Gasteiger partial charge in [-0.3, -0.25) is 0 Å². The first-order valence-corrected chi connectivity index (χ1v) is 8.54. The molecule has 3 unspecified atom stereocenters. The van der Waals surface area contributed by atoms with E-state index in [2.05, 4.69) is 47.7 Å². The van der Waals surface area contributed by atoms with Crippen molar-refractivity contribution in [3.05, 3.63) is 37.2 Å². The molecular formula is C12H21BN6S3. The lowest BCUT2D eigenvalue weighted by Gasteiger charge is -2.43. The van der Waals surface area contributed by atoms with Crippen molar-refractivity contribution in [2.75, 3.05) is 21.1 Å². The fraction of sp³-hybridized carbons (Fsp3) is 0.500. The van der Waals surface area contributed by atoms with Gasteiger partial charge in [-0.25, -0.2) is 0 Å². The van der Waals surface area contributed by atoms with Crippen LogP contribution in [0.25, 0.3) is 0 Å². The van der Waals surface area contributed by atoms with Crippen LogP contribution in [0.1, 0.15) is 0 Å². The Morgan fingerprint density at radius 2 is 0.864 bits per heavy atom. The normalized spacial score (nSPS) is 30.5. The molecular weight excluding hydrogens is 335 g/mol. The van der Waals surface area contributed by atoms with Gasteiger partial charge in [-0.1, -0.05) is 0 Å². The lowest BCUT2D eigenvalue weighted by atomic mass is 9.85. The zero-order valence-corrected chi connectivity index (χ0v) is 15.5. The predicted octanol–water partition coefficient (Wildman–Crippen LogP) is 0.767. The molecule has 0 radical (unpaired) electrons. The number of thiol groups is 3. The van der Waals surface area contributed by atoms with Gasteiger partial charge < -0.3 is 29.1 Å². The molecule has 0 aliphatic carbocycles. The molecule has 3 heterocycles. The van der Waals surface area contributed by atoms with Crippen molar-refractivity contribution in [1.82, 2.24) is 29.1 Å². The summed E-state index contributed by atoms with van der Waals surface area (Å²) in [6, 6.07) is 0. The average molecular weight is 356 g/mol. The van der Waals surface area contributed by atoms with Crippen LogP contribution in [0.3, 0.4) is 0 Å². The van der Waals surface area contributed by atoms with Crippen molar-refractivity contribution in [2.45, 2.75) is 16.5 Å². The Hall–Kier alpha value is -0.865. The summed E-state index contributed by atoms with van der Waals surface area (Å²) >= 11 is 14.2. The van der Waals surface area contributed by atoms with E-state index < -0.39 is 0 Å². The van der Waals surface area contributed by atoms with Crippen molar-refractivity contribution in [3.8, 4) is 0 Å². The molecule has 0 amide bonds. The van der Waals surface area contributed by atoms with Gasteiger partial charge >= 0.3 is 7.12 Å². The monoisotopic (exact) mass is 356 g/mol. The number of nitrogens with zero attached hydrogens (tertiary/aromatic N) is 6. The zero-order chi connectivity index (χ0) is 16.0. The molecule has 22 heavy (non-hydrogen) atoms. The Balaban J connectivity index is 1.92. The summed E-state index contributed by atoms with van der Waals surface area (Å²) in [5, 5.41) is 0. The van der Waals surface area contributed by atoms with Gasteiger partial charge in [-0.05, 0) is 0 Å². The molecule has 0 aromatic carbocycles. The van der Waals surface area contributed by atoms with Gasteiger partial charge in [0.15, 0.2) is 0 Å². The fourth-order valence-electron chi connectivity index (χ4n) is 2.69. The summed E-state index contributed by atoms with van der Waals surface area (Å²) in [6.45, 7) is 0. The number of rotatable bonds is 3. The minimum atomic E-state index is -0.0731. The van der Waals surface area contributed by atoms with Crippen LogP contribution < -0.4 is 0 Å². The summed E-state index contributed by atoms with van der Waals surface area (Å²) < 4.78 is 0. The van der Waals surface area contributed by atoms with Gasteiger partial charge in [-0.15, -0.1) is 37.9 Å². The second-order valence-electron chi connectivity index (χ2n) is 5.62. The minimum Gasteiger partial charge on any atom is -0.353 e. The maximum absolute atomic E-state index is 4.72. The van der Waals surface area contributed by atoms with Crippen LogP contribution in [0.2, 0.25) is 0 Å². The molecule has 0 fully saturated rings. The van der Waals surface area contributed by atoms with Crippen LogP contribution in [0, 0.1) is 0 Å². The van der Waals surface area contributed by atoms with E-state index in [0.717, 1.165) is 0 Å². The third-order valence-corrected chi connectivity index (χ3v) is 6.01. The second kappa shape index (κ2) is 5.97. The van der Waals surface area contributed by atoms with E-state index in [1.807, 2.05) is 39.7 Å². The Morgan fingerprint density at radius 1 is 0.591 bits per heavy atom. The van der Waals surface area contributed by atoms with Gasteiger partial charge in [0.25, 0.3) is 0 Å². The maximum Gasteiger partial charge on any atom is 0.510 e. The summed E-state index contributed by atoms with van der Waals surface area (Å²) in [5.74, 6) is 0. The molecule has 3 rings (SSSR count). The van der Waals surface area contributed by atoms with Crippen LogP contribution in [-0.2, 0) is 0 Å². The van der Waals surface area contributed by atoms with E-state index in [-0.39, 0.29) is 23.6 Å².